The van der Waals surface area contributed by atoms with Crippen molar-refractivity contribution in [1.29, 1.82) is 0 Å². The third-order valence-corrected chi connectivity index (χ3v) is 3.47. The Hall–Kier alpha value is -1.10. The molecule has 0 aromatic heterocycles. The number of carbonyl (C=O) groups is 2. The van der Waals surface area contributed by atoms with E-state index in [1.54, 1.807) is 9.80 Å². The van der Waals surface area contributed by atoms with E-state index >= 15 is 0 Å². The van der Waals surface area contributed by atoms with Crippen molar-refractivity contribution in [2.45, 2.75) is 46.1 Å². The van der Waals surface area contributed by atoms with Crippen molar-refractivity contribution in [2.75, 3.05) is 32.7 Å². The summed E-state index contributed by atoms with van der Waals surface area (Å²) in [4.78, 5) is 27.2. The van der Waals surface area contributed by atoms with E-state index in [-0.39, 0.29) is 24.9 Å². The molecule has 1 N–H and O–H groups in total. The minimum Gasteiger partial charge on any atom is -0.332 e. The highest BCUT2D eigenvalue weighted by Gasteiger charge is 2.28. The minimum absolute atomic E-state index is 0.0844. The summed E-state index contributed by atoms with van der Waals surface area (Å²) in [7, 11) is 0. The molecule has 0 spiro atoms. The molecule has 0 aliphatic carbocycles. The van der Waals surface area contributed by atoms with Gasteiger partial charge in [0, 0.05) is 19.1 Å². The quantitative estimate of drug-likeness (QED) is 0.710. The van der Waals surface area contributed by atoms with E-state index in [2.05, 4.69) is 19.2 Å². The van der Waals surface area contributed by atoms with Gasteiger partial charge in [0.1, 0.15) is 0 Å². The van der Waals surface area contributed by atoms with Crippen molar-refractivity contribution < 1.29 is 9.59 Å². The fraction of sp³-hybridized carbons (Fsp3) is 0.857. The summed E-state index contributed by atoms with van der Waals surface area (Å²) < 4.78 is 0. The predicted octanol–water partition coefficient (Wildman–Crippen LogP) is 0.845. The van der Waals surface area contributed by atoms with Crippen LogP contribution in [0.5, 0.6) is 0 Å². The molecule has 1 unspecified atom stereocenters. The summed E-state index contributed by atoms with van der Waals surface area (Å²) in [6, 6.07) is 0.470. The first kappa shape index (κ1) is 16.0. The Morgan fingerprint density at radius 1 is 1.11 bits per heavy atom. The molecular weight excluding hydrogens is 242 g/mol. The SMILES string of the molecule is CCCN1CC(=O)N(CCCC(C)NCC)CC1=O. The second kappa shape index (κ2) is 8.15. The first-order valence-corrected chi connectivity index (χ1v) is 7.37. The van der Waals surface area contributed by atoms with Crippen molar-refractivity contribution in [3.8, 4) is 0 Å². The number of nitrogens with zero attached hydrogens (tertiary/aromatic N) is 2. The second-order valence-corrected chi connectivity index (χ2v) is 5.23. The molecule has 1 aliphatic rings. The summed E-state index contributed by atoms with van der Waals surface area (Å²) in [6.45, 7) is 9.13. The Balaban J connectivity index is 2.32. The average molecular weight is 269 g/mol. The molecule has 1 rings (SSSR count). The van der Waals surface area contributed by atoms with Crippen LogP contribution >= 0.6 is 0 Å². The van der Waals surface area contributed by atoms with Gasteiger partial charge in [-0.25, -0.2) is 0 Å². The largest absolute Gasteiger partial charge is 0.332 e. The van der Waals surface area contributed by atoms with Crippen molar-refractivity contribution in [1.82, 2.24) is 15.1 Å². The molecule has 19 heavy (non-hydrogen) atoms. The lowest BCUT2D eigenvalue weighted by Gasteiger charge is -2.34. The van der Waals surface area contributed by atoms with E-state index in [0.717, 1.165) is 25.8 Å². The third kappa shape index (κ3) is 5.19. The lowest BCUT2D eigenvalue weighted by atomic mass is 10.1. The molecule has 1 heterocycles. The lowest BCUT2D eigenvalue weighted by Crippen LogP contribution is -2.54. The molecule has 0 aromatic carbocycles. The van der Waals surface area contributed by atoms with Crippen LogP contribution in [0.15, 0.2) is 0 Å². The highest BCUT2D eigenvalue weighted by molar-refractivity contribution is 5.92. The number of hydrogen-bond donors (Lipinski definition) is 1. The van der Waals surface area contributed by atoms with E-state index < -0.39 is 0 Å². The Labute approximate surface area is 116 Å². The van der Waals surface area contributed by atoms with E-state index in [9.17, 15) is 9.59 Å². The number of rotatable bonds is 8. The maximum absolute atomic E-state index is 11.9. The molecule has 1 fully saturated rings. The van der Waals surface area contributed by atoms with Gasteiger partial charge >= 0.3 is 0 Å². The number of hydrogen-bond acceptors (Lipinski definition) is 3. The normalized spacial score (nSPS) is 18.1. The van der Waals surface area contributed by atoms with Gasteiger partial charge < -0.3 is 15.1 Å². The smallest absolute Gasteiger partial charge is 0.242 e. The van der Waals surface area contributed by atoms with Crippen LogP contribution in [0.2, 0.25) is 0 Å². The molecule has 1 saturated heterocycles. The van der Waals surface area contributed by atoms with Crippen LogP contribution in [0.3, 0.4) is 0 Å². The van der Waals surface area contributed by atoms with E-state index in [0.29, 0.717) is 19.1 Å². The van der Waals surface area contributed by atoms with Crippen molar-refractivity contribution in [3.05, 3.63) is 0 Å². The van der Waals surface area contributed by atoms with E-state index in [1.807, 2.05) is 6.92 Å². The van der Waals surface area contributed by atoms with Gasteiger partial charge in [-0.15, -0.1) is 0 Å². The highest BCUT2D eigenvalue weighted by atomic mass is 16.2. The Morgan fingerprint density at radius 3 is 2.21 bits per heavy atom. The van der Waals surface area contributed by atoms with Gasteiger partial charge in [0.05, 0.1) is 13.1 Å². The van der Waals surface area contributed by atoms with Gasteiger partial charge in [-0.3, -0.25) is 9.59 Å². The summed E-state index contributed by atoms with van der Waals surface area (Å²) in [5, 5.41) is 3.35. The molecule has 2 amide bonds. The van der Waals surface area contributed by atoms with E-state index in [1.165, 1.54) is 0 Å². The highest BCUT2D eigenvalue weighted by Crippen LogP contribution is 2.08. The van der Waals surface area contributed by atoms with Gasteiger partial charge in [0.15, 0.2) is 0 Å². The first-order valence-electron chi connectivity index (χ1n) is 7.37. The molecule has 0 bridgehead atoms. The van der Waals surface area contributed by atoms with Crippen LogP contribution in [0, 0.1) is 0 Å². The van der Waals surface area contributed by atoms with Crippen LogP contribution in [0.25, 0.3) is 0 Å². The molecule has 5 heteroatoms. The zero-order valence-corrected chi connectivity index (χ0v) is 12.4. The van der Waals surface area contributed by atoms with Gasteiger partial charge in [-0.05, 0) is 32.7 Å². The van der Waals surface area contributed by atoms with Crippen molar-refractivity contribution in [3.63, 3.8) is 0 Å². The zero-order valence-electron chi connectivity index (χ0n) is 12.4. The number of piperazine rings is 1. The van der Waals surface area contributed by atoms with Gasteiger partial charge in [0.2, 0.25) is 11.8 Å². The topological polar surface area (TPSA) is 52.7 Å². The predicted molar refractivity (Wildman–Crippen MR) is 75.8 cm³/mol. The van der Waals surface area contributed by atoms with E-state index in [4.69, 9.17) is 0 Å². The lowest BCUT2D eigenvalue weighted by molar-refractivity contribution is -0.150. The van der Waals surface area contributed by atoms with Crippen LogP contribution in [0.1, 0.15) is 40.0 Å². The number of amides is 2. The summed E-state index contributed by atoms with van der Waals surface area (Å²) >= 11 is 0. The summed E-state index contributed by atoms with van der Waals surface area (Å²) in [5.74, 6) is 0.172. The summed E-state index contributed by atoms with van der Waals surface area (Å²) in [5.41, 5.74) is 0. The molecule has 0 saturated carbocycles. The van der Waals surface area contributed by atoms with Gasteiger partial charge in [-0.1, -0.05) is 13.8 Å². The minimum atomic E-state index is 0.0844. The monoisotopic (exact) mass is 269 g/mol. The first-order chi connectivity index (χ1) is 9.08. The molecule has 5 nitrogen and oxygen atoms in total. The second-order valence-electron chi connectivity index (χ2n) is 5.23. The molecule has 110 valence electrons. The number of nitrogens with one attached hydrogen (secondary N) is 1. The maximum atomic E-state index is 11.9. The van der Waals surface area contributed by atoms with Crippen LogP contribution < -0.4 is 5.32 Å². The third-order valence-electron chi connectivity index (χ3n) is 3.47. The fourth-order valence-electron chi connectivity index (χ4n) is 2.42. The van der Waals surface area contributed by atoms with Crippen molar-refractivity contribution in [2.24, 2.45) is 0 Å². The standard InChI is InChI=1S/C14H27N3O2/c1-4-8-16-10-14(19)17(11-13(16)18)9-6-7-12(3)15-5-2/h12,15H,4-11H2,1-3H3. The van der Waals surface area contributed by atoms with Crippen LogP contribution in [0.4, 0.5) is 0 Å². The average Bonchev–Trinajstić information content (AvgIpc) is 2.35. The van der Waals surface area contributed by atoms with Gasteiger partial charge in [-0.2, -0.15) is 0 Å². The Morgan fingerprint density at radius 2 is 1.68 bits per heavy atom. The Kier molecular flexibility index (Phi) is 6.84. The molecule has 1 aliphatic heterocycles. The molecule has 0 radical (unpaired) electrons. The molecule has 0 aromatic rings. The van der Waals surface area contributed by atoms with Crippen LogP contribution in [-0.2, 0) is 9.59 Å². The summed E-state index contributed by atoms with van der Waals surface area (Å²) in [6.07, 6.45) is 2.88. The van der Waals surface area contributed by atoms with Crippen LogP contribution in [-0.4, -0.2) is 60.4 Å². The molecule has 1 atom stereocenters. The van der Waals surface area contributed by atoms with Crippen molar-refractivity contribution >= 4 is 11.8 Å². The zero-order chi connectivity index (χ0) is 14.3. The maximum Gasteiger partial charge on any atom is 0.242 e. The van der Waals surface area contributed by atoms with Gasteiger partial charge in [0.25, 0.3) is 0 Å². The molecular formula is C14H27N3O2. The Bertz CT molecular complexity index is 307. The number of carbonyl (C=O) groups excluding carboxylic acids is 2. The fourth-order valence-corrected chi connectivity index (χ4v) is 2.42.